The minimum Gasteiger partial charge on any atom is -0.357 e. The molecule has 7 heteroatoms. The second kappa shape index (κ2) is 9.61. The number of halogens is 1. The van der Waals surface area contributed by atoms with Crippen molar-refractivity contribution in [3.8, 4) is 0 Å². The zero-order chi connectivity index (χ0) is 15.9. The lowest BCUT2D eigenvalue weighted by molar-refractivity contribution is 0.631. The molecule has 6 nitrogen and oxygen atoms in total. The van der Waals surface area contributed by atoms with Crippen LogP contribution in [0.25, 0.3) is 5.65 Å². The first-order valence-electron chi connectivity index (χ1n) is 8.35. The van der Waals surface area contributed by atoms with E-state index in [0.717, 1.165) is 56.2 Å². The van der Waals surface area contributed by atoms with Gasteiger partial charge in [-0.1, -0.05) is 18.2 Å². The van der Waals surface area contributed by atoms with Crippen LogP contribution < -0.4 is 10.6 Å². The summed E-state index contributed by atoms with van der Waals surface area (Å²) >= 11 is 0. The van der Waals surface area contributed by atoms with Crippen LogP contribution in [0.1, 0.15) is 32.0 Å². The highest BCUT2D eigenvalue weighted by Gasteiger charge is 2.11. The van der Waals surface area contributed by atoms with Crippen LogP contribution in [0.4, 0.5) is 0 Å². The maximum absolute atomic E-state index is 4.67. The van der Waals surface area contributed by atoms with Crippen molar-refractivity contribution in [2.24, 2.45) is 4.99 Å². The van der Waals surface area contributed by atoms with Crippen molar-refractivity contribution in [2.45, 2.75) is 38.6 Å². The van der Waals surface area contributed by atoms with Crippen LogP contribution in [0.3, 0.4) is 0 Å². The van der Waals surface area contributed by atoms with E-state index in [1.807, 2.05) is 28.8 Å². The molecule has 130 valence electrons. The Morgan fingerprint density at radius 1 is 1.29 bits per heavy atom. The Labute approximate surface area is 159 Å². The van der Waals surface area contributed by atoms with E-state index >= 15 is 0 Å². The number of rotatable bonds is 6. The number of guanidine groups is 1. The van der Waals surface area contributed by atoms with E-state index in [1.165, 1.54) is 0 Å². The van der Waals surface area contributed by atoms with Crippen LogP contribution in [-0.4, -0.2) is 39.7 Å². The topological polar surface area (TPSA) is 66.6 Å². The monoisotopic (exact) mass is 440 g/mol. The summed E-state index contributed by atoms with van der Waals surface area (Å²) in [7, 11) is 0. The number of pyridine rings is 1. The van der Waals surface area contributed by atoms with Gasteiger partial charge < -0.3 is 10.6 Å². The highest BCUT2D eigenvalue weighted by Crippen LogP contribution is 2.09. The maximum atomic E-state index is 4.67. The van der Waals surface area contributed by atoms with Gasteiger partial charge in [-0.3, -0.25) is 9.39 Å². The third-order valence-electron chi connectivity index (χ3n) is 3.91. The largest absolute Gasteiger partial charge is 0.357 e. The van der Waals surface area contributed by atoms with Crippen molar-refractivity contribution < 1.29 is 0 Å². The molecule has 0 saturated carbocycles. The molecule has 0 bridgehead atoms. The Balaban J connectivity index is 0.00000208. The van der Waals surface area contributed by atoms with Gasteiger partial charge in [-0.25, -0.2) is 0 Å². The zero-order valence-electron chi connectivity index (χ0n) is 14.0. The summed E-state index contributed by atoms with van der Waals surface area (Å²) in [5.74, 6) is 1.90. The molecule has 0 saturated heterocycles. The van der Waals surface area contributed by atoms with Gasteiger partial charge in [0.1, 0.15) is 5.82 Å². The number of aromatic nitrogens is 3. The third-order valence-corrected chi connectivity index (χ3v) is 3.91. The summed E-state index contributed by atoms with van der Waals surface area (Å²) in [5.41, 5.74) is 0.898. The Morgan fingerprint density at radius 2 is 2.12 bits per heavy atom. The zero-order valence-corrected chi connectivity index (χ0v) is 16.3. The first-order chi connectivity index (χ1) is 11.4. The summed E-state index contributed by atoms with van der Waals surface area (Å²) in [4.78, 5) is 4.67. The molecule has 2 heterocycles. The molecule has 24 heavy (non-hydrogen) atoms. The highest BCUT2D eigenvalue weighted by atomic mass is 127. The van der Waals surface area contributed by atoms with Crippen molar-refractivity contribution in [2.75, 3.05) is 13.1 Å². The number of nitrogens with one attached hydrogen (secondary N) is 2. The van der Waals surface area contributed by atoms with Gasteiger partial charge in [-0.2, -0.15) is 0 Å². The van der Waals surface area contributed by atoms with Crippen molar-refractivity contribution in [1.29, 1.82) is 0 Å². The van der Waals surface area contributed by atoms with Gasteiger partial charge in [-0.15, -0.1) is 34.2 Å². The van der Waals surface area contributed by atoms with Gasteiger partial charge in [0.25, 0.3) is 0 Å². The molecule has 3 rings (SSSR count). The highest BCUT2D eigenvalue weighted by molar-refractivity contribution is 14.0. The number of hydrogen-bond donors (Lipinski definition) is 2. The van der Waals surface area contributed by atoms with Crippen LogP contribution in [0.5, 0.6) is 0 Å². The van der Waals surface area contributed by atoms with Gasteiger partial charge in [0.15, 0.2) is 11.6 Å². The Kier molecular flexibility index (Phi) is 7.48. The summed E-state index contributed by atoms with van der Waals surface area (Å²) in [6, 6.07) is 6.43. The molecule has 1 aliphatic carbocycles. The van der Waals surface area contributed by atoms with Crippen LogP contribution in [0.15, 0.2) is 41.5 Å². The summed E-state index contributed by atoms with van der Waals surface area (Å²) in [6.45, 7) is 3.74. The first-order valence-corrected chi connectivity index (χ1v) is 8.35. The Hall–Kier alpha value is -1.64. The lowest BCUT2D eigenvalue weighted by Crippen LogP contribution is -2.42. The second-order valence-corrected chi connectivity index (χ2v) is 5.69. The fourth-order valence-corrected chi connectivity index (χ4v) is 2.74. The normalized spacial score (nSPS) is 14.8. The van der Waals surface area contributed by atoms with E-state index in [2.05, 4.69) is 44.9 Å². The van der Waals surface area contributed by atoms with E-state index in [4.69, 9.17) is 0 Å². The number of nitrogens with zero attached hydrogens (tertiary/aromatic N) is 4. The molecule has 0 atom stereocenters. The van der Waals surface area contributed by atoms with Gasteiger partial charge in [0.05, 0.1) is 0 Å². The minimum atomic E-state index is 0. The van der Waals surface area contributed by atoms with E-state index in [9.17, 15) is 0 Å². The average Bonchev–Trinajstić information content (AvgIpc) is 3.21. The molecule has 0 radical (unpaired) electrons. The van der Waals surface area contributed by atoms with E-state index in [-0.39, 0.29) is 24.0 Å². The van der Waals surface area contributed by atoms with Crippen molar-refractivity contribution in [1.82, 2.24) is 25.2 Å². The molecule has 2 aromatic heterocycles. The molecule has 0 fully saturated rings. The third kappa shape index (κ3) is 4.93. The van der Waals surface area contributed by atoms with Gasteiger partial charge in [0.2, 0.25) is 0 Å². The van der Waals surface area contributed by atoms with Crippen LogP contribution in [0.2, 0.25) is 0 Å². The quantitative estimate of drug-likeness (QED) is 0.238. The summed E-state index contributed by atoms with van der Waals surface area (Å²) < 4.78 is 2.04. The Bertz CT molecular complexity index is 685. The van der Waals surface area contributed by atoms with Gasteiger partial charge in [0, 0.05) is 31.7 Å². The van der Waals surface area contributed by atoms with E-state index < -0.39 is 0 Å². The number of aryl methyl sites for hydroxylation is 1. The van der Waals surface area contributed by atoms with Crippen LogP contribution in [-0.2, 0) is 6.42 Å². The maximum Gasteiger partial charge on any atom is 0.191 e. The summed E-state index contributed by atoms with van der Waals surface area (Å²) in [6.07, 6.45) is 10.4. The van der Waals surface area contributed by atoms with Crippen molar-refractivity contribution in [3.63, 3.8) is 0 Å². The fourth-order valence-electron chi connectivity index (χ4n) is 2.74. The minimum absolute atomic E-state index is 0. The van der Waals surface area contributed by atoms with Crippen LogP contribution in [0, 0.1) is 0 Å². The van der Waals surface area contributed by atoms with Gasteiger partial charge >= 0.3 is 0 Å². The van der Waals surface area contributed by atoms with Crippen molar-refractivity contribution in [3.05, 3.63) is 42.4 Å². The second-order valence-electron chi connectivity index (χ2n) is 5.69. The number of hydrogen-bond acceptors (Lipinski definition) is 3. The SMILES string of the molecule is CCNC(=NCCCc1nnc2ccccn12)NC1CC=CC1.I. The van der Waals surface area contributed by atoms with E-state index in [0.29, 0.717) is 6.04 Å². The average molecular weight is 440 g/mol. The lowest BCUT2D eigenvalue weighted by atomic mass is 10.2. The lowest BCUT2D eigenvalue weighted by Gasteiger charge is -2.16. The number of aliphatic imine (C=N–C) groups is 1. The summed E-state index contributed by atoms with van der Waals surface area (Å²) in [5, 5.41) is 15.2. The molecule has 0 unspecified atom stereocenters. The number of fused-ring (bicyclic) bond motifs is 1. The molecule has 0 aliphatic heterocycles. The van der Waals surface area contributed by atoms with E-state index in [1.54, 1.807) is 0 Å². The van der Waals surface area contributed by atoms with Crippen LogP contribution >= 0.6 is 24.0 Å². The molecular weight excluding hydrogens is 415 g/mol. The first kappa shape index (κ1) is 18.7. The fraction of sp³-hybridized carbons (Fsp3) is 0.471. The molecule has 2 aromatic rings. The molecule has 0 amide bonds. The standard InChI is InChI=1S/C17H24N6.HI/c1-2-18-17(20-14-8-3-4-9-14)19-12-7-11-16-22-21-15-10-5-6-13-23(15)16;/h3-6,10,13-14H,2,7-9,11-12H2,1H3,(H2,18,19,20);1H. The predicted molar refractivity (Wildman–Crippen MR) is 108 cm³/mol. The predicted octanol–water partition coefficient (Wildman–Crippen LogP) is 2.55. The molecule has 0 spiro atoms. The smallest absolute Gasteiger partial charge is 0.191 e. The van der Waals surface area contributed by atoms with Crippen molar-refractivity contribution >= 4 is 35.6 Å². The molecule has 2 N–H and O–H groups in total. The molecule has 1 aliphatic rings. The van der Waals surface area contributed by atoms with Gasteiger partial charge in [-0.05, 0) is 38.3 Å². The Morgan fingerprint density at radius 3 is 2.92 bits per heavy atom. The molecule has 0 aromatic carbocycles. The molecular formula is C17H25IN6.